The molecule has 0 bridgehead atoms. The molecule has 1 atom stereocenters. The molecule has 1 aromatic carbocycles. The molecule has 0 saturated carbocycles. The Morgan fingerprint density at radius 2 is 2.25 bits per heavy atom. The van der Waals surface area contributed by atoms with E-state index in [9.17, 15) is 9.59 Å². The van der Waals surface area contributed by atoms with Crippen molar-refractivity contribution in [3.05, 3.63) is 36.4 Å². The Balaban J connectivity index is 1.98. The Morgan fingerprint density at radius 3 is 2.88 bits per heavy atom. The van der Waals surface area contributed by atoms with Crippen molar-refractivity contribution in [2.75, 3.05) is 26.8 Å². The Morgan fingerprint density at radius 1 is 1.46 bits per heavy atom. The topological polar surface area (TPSA) is 67.9 Å². The third kappa shape index (κ3) is 4.50. The summed E-state index contributed by atoms with van der Waals surface area (Å²) < 4.78 is 10.7. The van der Waals surface area contributed by atoms with E-state index in [1.165, 1.54) is 7.11 Å². The third-order valence-corrected chi connectivity index (χ3v) is 3.83. The van der Waals surface area contributed by atoms with Crippen molar-refractivity contribution >= 4 is 11.8 Å². The zero-order valence-corrected chi connectivity index (χ0v) is 14.2. The maximum atomic E-state index is 12.4. The molecule has 6 heteroatoms. The van der Waals surface area contributed by atoms with Crippen molar-refractivity contribution in [3.63, 3.8) is 0 Å². The van der Waals surface area contributed by atoms with Crippen molar-refractivity contribution in [2.24, 2.45) is 0 Å². The Hall–Kier alpha value is -2.50. The minimum atomic E-state index is -0.206. The number of likely N-dealkylation sites (tertiary alicyclic amines) is 1. The van der Waals surface area contributed by atoms with Crippen LogP contribution in [0.5, 0.6) is 11.5 Å². The van der Waals surface area contributed by atoms with E-state index in [4.69, 9.17) is 9.47 Å². The van der Waals surface area contributed by atoms with Crippen molar-refractivity contribution in [3.8, 4) is 11.5 Å². The van der Waals surface area contributed by atoms with Crippen LogP contribution >= 0.6 is 0 Å². The van der Waals surface area contributed by atoms with E-state index in [0.29, 0.717) is 36.6 Å². The number of nitrogens with one attached hydrogen (secondary N) is 1. The van der Waals surface area contributed by atoms with Crippen LogP contribution in [0.1, 0.15) is 30.1 Å². The molecule has 0 unspecified atom stereocenters. The van der Waals surface area contributed by atoms with Crippen LogP contribution < -0.4 is 14.8 Å². The zero-order valence-electron chi connectivity index (χ0n) is 14.2. The summed E-state index contributed by atoms with van der Waals surface area (Å²) in [6.45, 7) is 7.15. The van der Waals surface area contributed by atoms with Gasteiger partial charge in [0.1, 0.15) is 6.61 Å². The molecule has 130 valence electrons. The maximum Gasteiger partial charge on any atom is 0.251 e. The number of rotatable bonds is 8. The number of methoxy groups -OCH3 is 1. The van der Waals surface area contributed by atoms with Gasteiger partial charge in [0.05, 0.1) is 7.11 Å². The second-order valence-corrected chi connectivity index (χ2v) is 5.78. The van der Waals surface area contributed by atoms with Crippen LogP contribution in [-0.2, 0) is 4.79 Å². The predicted molar refractivity (Wildman–Crippen MR) is 91.4 cm³/mol. The fourth-order valence-electron chi connectivity index (χ4n) is 2.66. The molecule has 1 saturated heterocycles. The number of hydrogen-bond donors (Lipinski definition) is 1. The lowest BCUT2D eigenvalue weighted by atomic mass is 10.1. The lowest BCUT2D eigenvalue weighted by molar-refractivity contribution is -0.127. The number of ether oxygens (including phenoxy) is 2. The van der Waals surface area contributed by atoms with Gasteiger partial charge in [0.15, 0.2) is 11.5 Å². The zero-order chi connectivity index (χ0) is 17.5. The number of carbonyl (C=O) groups excluding carboxylic acids is 2. The average Bonchev–Trinajstić information content (AvgIpc) is 2.97. The summed E-state index contributed by atoms with van der Waals surface area (Å²) in [5.74, 6) is 1.00. The second kappa shape index (κ2) is 8.38. The van der Waals surface area contributed by atoms with Crippen molar-refractivity contribution in [1.29, 1.82) is 0 Å². The molecule has 1 heterocycles. The van der Waals surface area contributed by atoms with Crippen LogP contribution in [0.25, 0.3) is 0 Å². The van der Waals surface area contributed by atoms with E-state index in [-0.39, 0.29) is 17.9 Å². The monoisotopic (exact) mass is 332 g/mol. The summed E-state index contributed by atoms with van der Waals surface area (Å²) in [5, 5.41) is 2.91. The van der Waals surface area contributed by atoms with Gasteiger partial charge in [-0.15, -0.1) is 0 Å². The van der Waals surface area contributed by atoms with E-state index in [2.05, 4.69) is 11.9 Å². The molecular weight excluding hydrogens is 308 g/mol. The fraction of sp³-hybridized carbons (Fsp3) is 0.444. The minimum Gasteiger partial charge on any atom is -0.493 e. The van der Waals surface area contributed by atoms with Gasteiger partial charge < -0.3 is 19.7 Å². The minimum absolute atomic E-state index is 0.123. The summed E-state index contributed by atoms with van der Waals surface area (Å²) in [6, 6.07) is 4.90. The van der Waals surface area contributed by atoms with Gasteiger partial charge in [-0.25, -0.2) is 0 Å². The lowest BCUT2D eigenvalue weighted by Crippen LogP contribution is -2.42. The highest BCUT2D eigenvalue weighted by Crippen LogP contribution is 2.28. The normalized spacial score (nSPS) is 15.1. The predicted octanol–water partition coefficient (Wildman–Crippen LogP) is 2.00. The molecule has 24 heavy (non-hydrogen) atoms. The molecule has 0 aliphatic carbocycles. The Labute approximate surface area is 142 Å². The molecule has 6 nitrogen and oxygen atoms in total. The first kappa shape index (κ1) is 17.8. The van der Waals surface area contributed by atoms with Crippen molar-refractivity contribution in [1.82, 2.24) is 10.2 Å². The molecule has 2 amide bonds. The first-order valence-corrected chi connectivity index (χ1v) is 8.05. The summed E-state index contributed by atoms with van der Waals surface area (Å²) in [4.78, 5) is 25.8. The van der Waals surface area contributed by atoms with E-state index >= 15 is 0 Å². The van der Waals surface area contributed by atoms with Gasteiger partial charge in [-0.1, -0.05) is 12.7 Å². The van der Waals surface area contributed by atoms with Gasteiger partial charge in [0, 0.05) is 31.1 Å². The molecule has 1 fully saturated rings. The van der Waals surface area contributed by atoms with Gasteiger partial charge in [0.2, 0.25) is 5.91 Å². The van der Waals surface area contributed by atoms with Crippen LogP contribution in [0.2, 0.25) is 0 Å². The fourth-order valence-corrected chi connectivity index (χ4v) is 2.66. The van der Waals surface area contributed by atoms with Gasteiger partial charge in [-0.05, 0) is 31.5 Å². The van der Waals surface area contributed by atoms with E-state index in [1.807, 2.05) is 6.92 Å². The third-order valence-electron chi connectivity index (χ3n) is 3.83. The van der Waals surface area contributed by atoms with E-state index in [1.54, 1.807) is 29.2 Å². The molecule has 1 aromatic rings. The largest absolute Gasteiger partial charge is 0.493 e. The van der Waals surface area contributed by atoms with Gasteiger partial charge in [0.25, 0.3) is 5.91 Å². The van der Waals surface area contributed by atoms with Gasteiger partial charge in [-0.3, -0.25) is 9.59 Å². The van der Waals surface area contributed by atoms with Gasteiger partial charge >= 0.3 is 0 Å². The lowest BCUT2D eigenvalue weighted by Gasteiger charge is -2.21. The Bertz CT molecular complexity index is 615. The highest BCUT2D eigenvalue weighted by Gasteiger charge is 2.22. The smallest absolute Gasteiger partial charge is 0.251 e. The summed E-state index contributed by atoms with van der Waals surface area (Å²) >= 11 is 0. The SMILES string of the molecule is C=CCOc1ccc(C(=O)N[C@H](C)CN2CCCC2=O)cc1OC. The standard InChI is InChI=1S/C18H24N2O4/c1-4-10-24-15-8-7-14(11-16(15)23-3)18(22)19-13(2)12-20-9-5-6-17(20)21/h4,7-8,11,13H,1,5-6,9-10,12H2,2-3H3,(H,19,22)/t13-/m1/s1. The van der Waals surface area contributed by atoms with Crippen molar-refractivity contribution in [2.45, 2.75) is 25.8 Å². The van der Waals surface area contributed by atoms with Crippen molar-refractivity contribution < 1.29 is 19.1 Å². The average molecular weight is 332 g/mol. The molecule has 1 N–H and O–H groups in total. The summed E-state index contributed by atoms with van der Waals surface area (Å²) in [6.07, 6.45) is 3.13. The van der Waals surface area contributed by atoms with Crippen LogP contribution in [0.3, 0.4) is 0 Å². The van der Waals surface area contributed by atoms with Crippen LogP contribution in [0, 0.1) is 0 Å². The van der Waals surface area contributed by atoms with E-state index in [0.717, 1.165) is 13.0 Å². The van der Waals surface area contributed by atoms with Gasteiger partial charge in [-0.2, -0.15) is 0 Å². The maximum absolute atomic E-state index is 12.4. The highest BCUT2D eigenvalue weighted by atomic mass is 16.5. The number of carbonyl (C=O) groups is 2. The van der Waals surface area contributed by atoms with E-state index < -0.39 is 0 Å². The molecule has 0 spiro atoms. The molecule has 2 rings (SSSR count). The molecular formula is C18H24N2O4. The van der Waals surface area contributed by atoms with Crippen LogP contribution in [-0.4, -0.2) is 49.6 Å². The quantitative estimate of drug-likeness (QED) is 0.740. The molecule has 0 radical (unpaired) electrons. The van der Waals surface area contributed by atoms with Crippen LogP contribution in [0.4, 0.5) is 0 Å². The number of nitrogens with zero attached hydrogens (tertiary/aromatic N) is 1. The second-order valence-electron chi connectivity index (χ2n) is 5.78. The number of amides is 2. The molecule has 0 aromatic heterocycles. The van der Waals surface area contributed by atoms with Crippen LogP contribution in [0.15, 0.2) is 30.9 Å². The molecule has 1 aliphatic rings. The highest BCUT2D eigenvalue weighted by molar-refractivity contribution is 5.95. The molecule has 1 aliphatic heterocycles. The Kier molecular flexibility index (Phi) is 6.23. The number of hydrogen-bond acceptors (Lipinski definition) is 4. The summed E-state index contributed by atoms with van der Waals surface area (Å²) in [5.41, 5.74) is 0.484. The first-order valence-electron chi connectivity index (χ1n) is 8.05. The number of benzene rings is 1. The summed E-state index contributed by atoms with van der Waals surface area (Å²) in [7, 11) is 1.53. The first-order chi connectivity index (χ1) is 11.5.